The van der Waals surface area contributed by atoms with Crippen molar-refractivity contribution in [1.29, 1.82) is 0 Å². The second-order valence-corrected chi connectivity index (χ2v) is 2.30. The number of hydrogen-bond acceptors (Lipinski definition) is 2. The van der Waals surface area contributed by atoms with Gasteiger partial charge in [0.15, 0.2) is 5.15 Å². The lowest BCUT2D eigenvalue weighted by molar-refractivity contribution is 1.05. The fourth-order valence-electron chi connectivity index (χ4n) is 0.859. The largest absolute Gasteiger partial charge is 0.359 e. The highest BCUT2D eigenvalue weighted by molar-refractivity contribution is 6.33. The molecule has 0 amide bonds. The highest BCUT2D eigenvalue weighted by atomic mass is 35.5. The molecule has 3 nitrogen and oxygen atoms in total. The summed E-state index contributed by atoms with van der Waals surface area (Å²) >= 11 is 5.69. The monoisotopic (exact) mass is 153 g/mol. The first kappa shape index (κ1) is 5.68. The Morgan fingerprint density at radius 1 is 1.50 bits per heavy atom. The summed E-state index contributed by atoms with van der Waals surface area (Å²) in [5.74, 6) is 0. The maximum atomic E-state index is 5.69. The Labute approximate surface area is 62.0 Å². The summed E-state index contributed by atoms with van der Waals surface area (Å²) in [5.41, 5.74) is 0.844. The topological polar surface area (TPSA) is 41.6 Å². The van der Waals surface area contributed by atoms with Crippen LogP contribution in [0.5, 0.6) is 0 Å². The van der Waals surface area contributed by atoms with Crippen LogP contribution in [0.4, 0.5) is 0 Å². The maximum Gasteiger partial charge on any atom is 0.175 e. The van der Waals surface area contributed by atoms with Crippen molar-refractivity contribution in [1.82, 2.24) is 15.2 Å². The van der Waals surface area contributed by atoms with Crippen LogP contribution in [-0.4, -0.2) is 15.2 Å². The van der Waals surface area contributed by atoms with E-state index in [9.17, 15) is 0 Å². The minimum atomic E-state index is 0.419. The number of rotatable bonds is 0. The van der Waals surface area contributed by atoms with Gasteiger partial charge in [0.1, 0.15) is 0 Å². The summed E-state index contributed by atoms with van der Waals surface area (Å²) in [4.78, 5) is 2.95. The molecule has 50 valence electrons. The van der Waals surface area contributed by atoms with E-state index in [0.717, 1.165) is 10.9 Å². The van der Waals surface area contributed by atoms with Gasteiger partial charge in [0.05, 0.1) is 11.7 Å². The Hall–Kier alpha value is -1.09. The molecule has 0 atom stereocenters. The van der Waals surface area contributed by atoms with Crippen molar-refractivity contribution in [3.8, 4) is 0 Å². The van der Waals surface area contributed by atoms with Crippen LogP contribution in [-0.2, 0) is 0 Å². The average Bonchev–Trinajstić information content (AvgIpc) is 2.36. The highest BCUT2D eigenvalue weighted by Crippen LogP contribution is 2.16. The fraction of sp³-hybridized carbons (Fsp3) is 0. The third kappa shape index (κ3) is 0.675. The quantitative estimate of drug-likeness (QED) is 0.625. The SMILES string of the molecule is Clc1nncc2cc[nH]c12. The van der Waals surface area contributed by atoms with E-state index >= 15 is 0 Å². The van der Waals surface area contributed by atoms with E-state index in [1.165, 1.54) is 0 Å². The third-order valence-electron chi connectivity index (χ3n) is 1.33. The predicted octanol–water partition coefficient (Wildman–Crippen LogP) is 1.61. The molecule has 0 aromatic carbocycles. The zero-order chi connectivity index (χ0) is 6.97. The lowest BCUT2D eigenvalue weighted by Gasteiger charge is -1.87. The van der Waals surface area contributed by atoms with E-state index in [1.54, 1.807) is 12.4 Å². The van der Waals surface area contributed by atoms with Crippen molar-refractivity contribution >= 4 is 22.5 Å². The van der Waals surface area contributed by atoms with E-state index in [1.807, 2.05) is 6.07 Å². The number of nitrogens with zero attached hydrogens (tertiary/aromatic N) is 2. The smallest absolute Gasteiger partial charge is 0.175 e. The zero-order valence-corrected chi connectivity index (χ0v) is 5.76. The normalized spacial score (nSPS) is 10.5. The van der Waals surface area contributed by atoms with Gasteiger partial charge >= 0.3 is 0 Å². The molecule has 0 saturated carbocycles. The van der Waals surface area contributed by atoms with Gasteiger partial charge in [-0.3, -0.25) is 0 Å². The molecule has 0 aliphatic heterocycles. The molecule has 1 N–H and O–H groups in total. The minimum absolute atomic E-state index is 0.419. The van der Waals surface area contributed by atoms with E-state index in [0.29, 0.717) is 5.15 Å². The molecular weight excluding hydrogens is 150 g/mol. The van der Waals surface area contributed by atoms with Crippen molar-refractivity contribution in [2.24, 2.45) is 0 Å². The molecule has 0 spiro atoms. The van der Waals surface area contributed by atoms with Gasteiger partial charge in [-0.2, -0.15) is 5.10 Å². The van der Waals surface area contributed by atoms with Crippen LogP contribution < -0.4 is 0 Å². The number of aromatic amines is 1. The minimum Gasteiger partial charge on any atom is -0.359 e. The summed E-state index contributed by atoms with van der Waals surface area (Å²) in [7, 11) is 0. The average molecular weight is 154 g/mol. The maximum absolute atomic E-state index is 5.69. The predicted molar refractivity (Wildman–Crippen MR) is 38.9 cm³/mol. The van der Waals surface area contributed by atoms with Crippen LogP contribution in [0.25, 0.3) is 10.9 Å². The molecule has 0 radical (unpaired) electrons. The lowest BCUT2D eigenvalue weighted by atomic mass is 10.4. The van der Waals surface area contributed by atoms with Gasteiger partial charge in [-0.1, -0.05) is 11.6 Å². The summed E-state index contributed by atoms with van der Waals surface area (Å²) in [6, 6.07) is 1.90. The van der Waals surface area contributed by atoms with Crippen LogP contribution in [0.15, 0.2) is 18.5 Å². The second-order valence-electron chi connectivity index (χ2n) is 1.94. The number of halogens is 1. The molecule has 0 bridgehead atoms. The molecule has 0 aliphatic carbocycles. The molecular formula is C6H4ClN3. The van der Waals surface area contributed by atoms with E-state index in [4.69, 9.17) is 11.6 Å². The van der Waals surface area contributed by atoms with Crippen molar-refractivity contribution in [3.63, 3.8) is 0 Å². The van der Waals surface area contributed by atoms with E-state index in [2.05, 4.69) is 15.2 Å². The molecule has 2 heterocycles. The summed E-state index contributed by atoms with van der Waals surface area (Å²) in [6.07, 6.45) is 3.47. The van der Waals surface area contributed by atoms with E-state index < -0.39 is 0 Å². The van der Waals surface area contributed by atoms with Gasteiger partial charge in [0.25, 0.3) is 0 Å². The number of fused-ring (bicyclic) bond motifs is 1. The molecule has 0 aliphatic rings. The van der Waals surface area contributed by atoms with Gasteiger partial charge in [0.2, 0.25) is 0 Å². The standard InChI is InChI=1S/C6H4ClN3/c7-6-5-4(1-2-8-5)3-9-10-6/h1-3,8H. The molecule has 2 aromatic rings. The molecule has 4 heteroatoms. The van der Waals surface area contributed by atoms with Crippen molar-refractivity contribution in [2.75, 3.05) is 0 Å². The number of aromatic nitrogens is 3. The van der Waals surface area contributed by atoms with Gasteiger partial charge < -0.3 is 4.98 Å². The zero-order valence-electron chi connectivity index (χ0n) is 5.00. The third-order valence-corrected chi connectivity index (χ3v) is 1.59. The Kier molecular flexibility index (Phi) is 1.11. The molecule has 0 unspecified atom stereocenters. The van der Waals surface area contributed by atoms with Gasteiger partial charge in [-0.25, -0.2) is 0 Å². The van der Waals surface area contributed by atoms with E-state index in [-0.39, 0.29) is 0 Å². The molecule has 2 rings (SSSR count). The number of nitrogens with one attached hydrogen (secondary N) is 1. The lowest BCUT2D eigenvalue weighted by Crippen LogP contribution is -1.80. The Balaban J connectivity index is 2.95. The van der Waals surface area contributed by atoms with Gasteiger partial charge in [-0.15, -0.1) is 5.10 Å². The van der Waals surface area contributed by atoms with Crippen LogP contribution in [0, 0.1) is 0 Å². The molecule has 10 heavy (non-hydrogen) atoms. The van der Waals surface area contributed by atoms with Crippen LogP contribution >= 0.6 is 11.6 Å². The van der Waals surface area contributed by atoms with Gasteiger partial charge in [-0.05, 0) is 6.07 Å². The van der Waals surface area contributed by atoms with Crippen molar-refractivity contribution < 1.29 is 0 Å². The first-order chi connectivity index (χ1) is 4.88. The van der Waals surface area contributed by atoms with Crippen LogP contribution in [0.1, 0.15) is 0 Å². The summed E-state index contributed by atoms with van der Waals surface area (Å²) in [6.45, 7) is 0. The number of H-pyrrole nitrogens is 1. The first-order valence-corrected chi connectivity index (χ1v) is 3.20. The fourth-order valence-corrected chi connectivity index (χ4v) is 1.07. The summed E-state index contributed by atoms with van der Waals surface area (Å²) in [5, 5.41) is 8.75. The summed E-state index contributed by atoms with van der Waals surface area (Å²) < 4.78 is 0. The molecule has 0 saturated heterocycles. The van der Waals surface area contributed by atoms with Crippen molar-refractivity contribution in [2.45, 2.75) is 0 Å². The van der Waals surface area contributed by atoms with Gasteiger partial charge in [0, 0.05) is 11.6 Å². The Morgan fingerprint density at radius 3 is 3.20 bits per heavy atom. The Morgan fingerprint density at radius 2 is 2.40 bits per heavy atom. The molecule has 0 fully saturated rings. The van der Waals surface area contributed by atoms with Crippen molar-refractivity contribution in [3.05, 3.63) is 23.6 Å². The second kappa shape index (κ2) is 1.95. The number of hydrogen-bond donors (Lipinski definition) is 1. The van der Waals surface area contributed by atoms with Crippen LogP contribution in [0.2, 0.25) is 5.15 Å². The molecule has 2 aromatic heterocycles. The Bertz CT molecular complexity index is 355. The highest BCUT2D eigenvalue weighted by Gasteiger charge is 1.98. The first-order valence-electron chi connectivity index (χ1n) is 2.82. The van der Waals surface area contributed by atoms with Crippen LogP contribution in [0.3, 0.4) is 0 Å².